The zero-order valence-electron chi connectivity index (χ0n) is 15.5. The van der Waals surface area contributed by atoms with Gasteiger partial charge in [-0.15, -0.1) is 0 Å². The Labute approximate surface area is 165 Å². The smallest absolute Gasteiger partial charge is 0.416 e. The zero-order valence-corrected chi connectivity index (χ0v) is 15.5. The number of nitrogens with zero attached hydrogens (tertiary/aromatic N) is 2. The summed E-state index contributed by atoms with van der Waals surface area (Å²) in [7, 11) is 0. The maximum atomic E-state index is 13.3. The summed E-state index contributed by atoms with van der Waals surface area (Å²) < 4.78 is 45.1. The first-order valence-corrected chi connectivity index (χ1v) is 9.22. The number of fused-ring (bicyclic) bond motifs is 1. The molecule has 0 saturated carbocycles. The number of phenols is 1. The third-order valence-electron chi connectivity index (χ3n) is 4.93. The van der Waals surface area contributed by atoms with Gasteiger partial charge in [0.1, 0.15) is 5.75 Å². The van der Waals surface area contributed by atoms with Crippen molar-refractivity contribution >= 4 is 28.4 Å². The Hall–Kier alpha value is -3.06. The van der Waals surface area contributed by atoms with E-state index in [9.17, 15) is 18.3 Å². The fourth-order valence-electron chi connectivity index (χ4n) is 3.43. The van der Waals surface area contributed by atoms with E-state index in [0.29, 0.717) is 37.6 Å². The van der Waals surface area contributed by atoms with Gasteiger partial charge in [-0.25, -0.2) is 0 Å². The molecule has 0 aromatic heterocycles. The number of benzene rings is 3. The summed E-state index contributed by atoms with van der Waals surface area (Å²) in [6.45, 7) is 2.17. The third kappa shape index (κ3) is 4.05. The van der Waals surface area contributed by atoms with Gasteiger partial charge in [-0.2, -0.15) is 13.2 Å². The quantitative estimate of drug-likeness (QED) is 0.619. The second-order valence-corrected chi connectivity index (χ2v) is 6.78. The highest BCUT2D eigenvalue weighted by Gasteiger charge is 2.31. The number of rotatable bonds is 3. The minimum atomic E-state index is -4.46. The van der Waals surface area contributed by atoms with E-state index in [2.05, 4.69) is 4.99 Å². The van der Waals surface area contributed by atoms with Crippen LogP contribution in [0.25, 0.3) is 10.8 Å². The van der Waals surface area contributed by atoms with Crippen LogP contribution in [-0.4, -0.2) is 37.6 Å². The van der Waals surface area contributed by atoms with Crippen molar-refractivity contribution in [2.75, 3.05) is 31.2 Å². The van der Waals surface area contributed by atoms with E-state index in [1.54, 1.807) is 12.1 Å². The third-order valence-corrected chi connectivity index (χ3v) is 4.93. The van der Waals surface area contributed by atoms with Crippen molar-refractivity contribution in [1.29, 1.82) is 0 Å². The van der Waals surface area contributed by atoms with Gasteiger partial charge in [-0.05, 0) is 35.0 Å². The molecule has 4 nitrogen and oxygen atoms in total. The molecular weight excluding hydrogens is 381 g/mol. The highest BCUT2D eigenvalue weighted by Crippen LogP contribution is 2.37. The van der Waals surface area contributed by atoms with Gasteiger partial charge in [0, 0.05) is 24.9 Å². The van der Waals surface area contributed by atoms with Crippen LogP contribution in [-0.2, 0) is 10.9 Å². The lowest BCUT2D eigenvalue weighted by molar-refractivity contribution is -0.137. The summed E-state index contributed by atoms with van der Waals surface area (Å²) in [6.07, 6.45) is -3.04. The number of aromatic hydroxyl groups is 1. The molecule has 1 aliphatic rings. The zero-order chi connectivity index (χ0) is 20.4. The Kier molecular flexibility index (Phi) is 5.15. The molecule has 1 aliphatic heterocycles. The minimum absolute atomic E-state index is 0.0207. The molecule has 0 aliphatic carbocycles. The standard InChI is InChI=1S/C22H19F3N2O2/c23-22(24,25)16-6-7-20(27-9-11-29-12-10-27)19(13-16)26-14-18-17-4-2-1-3-15(17)5-8-21(18)28/h1-8,13-14,28H,9-12H2. The second-order valence-electron chi connectivity index (χ2n) is 6.78. The Morgan fingerprint density at radius 1 is 1.00 bits per heavy atom. The predicted molar refractivity (Wildman–Crippen MR) is 107 cm³/mol. The maximum absolute atomic E-state index is 13.3. The van der Waals surface area contributed by atoms with Crippen molar-refractivity contribution in [3.05, 3.63) is 65.7 Å². The number of hydrogen-bond donors (Lipinski definition) is 1. The van der Waals surface area contributed by atoms with Gasteiger partial charge in [0.05, 0.1) is 30.2 Å². The molecule has 3 aromatic rings. The molecule has 0 bridgehead atoms. The minimum Gasteiger partial charge on any atom is -0.507 e. The Balaban J connectivity index is 1.80. The number of halogens is 3. The Morgan fingerprint density at radius 2 is 1.76 bits per heavy atom. The number of ether oxygens (including phenoxy) is 1. The van der Waals surface area contributed by atoms with E-state index in [4.69, 9.17) is 4.74 Å². The van der Waals surface area contributed by atoms with Crippen molar-refractivity contribution in [2.24, 2.45) is 4.99 Å². The number of aliphatic imine (C=N–C) groups is 1. The van der Waals surface area contributed by atoms with Gasteiger partial charge in [0.15, 0.2) is 0 Å². The summed E-state index contributed by atoms with van der Waals surface area (Å²) in [5, 5.41) is 12.0. The number of alkyl halides is 3. The van der Waals surface area contributed by atoms with Crippen LogP contribution in [0.1, 0.15) is 11.1 Å². The first-order valence-electron chi connectivity index (χ1n) is 9.22. The van der Waals surface area contributed by atoms with Crippen LogP contribution in [0.4, 0.5) is 24.5 Å². The molecule has 1 saturated heterocycles. The van der Waals surface area contributed by atoms with E-state index >= 15 is 0 Å². The van der Waals surface area contributed by atoms with E-state index < -0.39 is 11.7 Å². The van der Waals surface area contributed by atoms with Gasteiger partial charge >= 0.3 is 6.18 Å². The normalized spacial score (nSPS) is 15.3. The van der Waals surface area contributed by atoms with Gasteiger partial charge in [0.25, 0.3) is 0 Å². The summed E-state index contributed by atoms with van der Waals surface area (Å²) in [4.78, 5) is 6.33. The predicted octanol–water partition coefficient (Wildman–Crippen LogP) is 5.15. The van der Waals surface area contributed by atoms with E-state index in [0.717, 1.165) is 22.9 Å². The van der Waals surface area contributed by atoms with E-state index in [-0.39, 0.29) is 11.4 Å². The molecule has 29 heavy (non-hydrogen) atoms. The van der Waals surface area contributed by atoms with Crippen LogP contribution in [0.2, 0.25) is 0 Å². The fourth-order valence-corrected chi connectivity index (χ4v) is 3.43. The summed E-state index contributed by atoms with van der Waals surface area (Å²) in [5.41, 5.74) is 0.517. The molecule has 0 unspecified atom stereocenters. The number of morpholine rings is 1. The van der Waals surface area contributed by atoms with Crippen molar-refractivity contribution in [3.8, 4) is 5.75 Å². The highest BCUT2D eigenvalue weighted by atomic mass is 19.4. The van der Waals surface area contributed by atoms with E-state index in [1.807, 2.05) is 29.2 Å². The van der Waals surface area contributed by atoms with Gasteiger partial charge in [0.2, 0.25) is 0 Å². The summed E-state index contributed by atoms with van der Waals surface area (Å²) >= 11 is 0. The lowest BCUT2D eigenvalue weighted by atomic mass is 10.0. The molecule has 150 valence electrons. The summed E-state index contributed by atoms with van der Waals surface area (Å²) in [5.74, 6) is 0.0207. The molecule has 4 rings (SSSR count). The van der Waals surface area contributed by atoms with Gasteiger partial charge < -0.3 is 14.7 Å². The van der Waals surface area contributed by atoms with Crippen molar-refractivity contribution in [1.82, 2.24) is 0 Å². The first kappa shape index (κ1) is 19.3. The van der Waals surface area contributed by atoms with Gasteiger partial charge in [-0.1, -0.05) is 30.3 Å². The van der Waals surface area contributed by atoms with Crippen LogP contribution in [0.15, 0.2) is 59.6 Å². The first-order chi connectivity index (χ1) is 13.9. The largest absolute Gasteiger partial charge is 0.507 e. The lowest BCUT2D eigenvalue weighted by Gasteiger charge is -2.30. The number of hydrogen-bond acceptors (Lipinski definition) is 4. The Bertz CT molecular complexity index is 1060. The molecular formula is C22H19F3N2O2. The van der Waals surface area contributed by atoms with Crippen molar-refractivity contribution < 1.29 is 23.0 Å². The van der Waals surface area contributed by atoms with Crippen LogP contribution < -0.4 is 4.90 Å². The molecule has 1 N–H and O–H groups in total. The average Bonchev–Trinajstić information content (AvgIpc) is 2.73. The van der Waals surface area contributed by atoms with Crippen LogP contribution in [0.5, 0.6) is 5.75 Å². The van der Waals surface area contributed by atoms with Crippen LogP contribution >= 0.6 is 0 Å². The number of anilines is 1. The summed E-state index contributed by atoms with van der Waals surface area (Å²) in [6, 6.07) is 14.4. The lowest BCUT2D eigenvalue weighted by Crippen LogP contribution is -2.36. The van der Waals surface area contributed by atoms with Crippen LogP contribution in [0.3, 0.4) is 0 Å². The highest BCUT2D eigenvalue weighted by molar-refractivity contribution is 6.03. The SMILES string of the molecule is Oc1ccc2ccccc2c1C=Nc1cc(C(F)(F)F)ccc1N1CCOCC1. The van der Waals surface area contributed by atoms with Crippen molar-refractivity contribution in [3.63, 3.8) is 0 Å². The molecule has 0 radical (unpaired) electrons. The van der Waals surface area contributed by atoms with Crippen molar-refractivity contribution in [2.45, 2.75) is 6.18 Å². The molecule has 1 fully saturated rings. The molecule has 0 amide bonds. The molecule has 7 heteroatoms. The second kappa shape index (κ2) is 7.75. The molecule has 1 heterocycles. The average molecular weight is 400 g/mol. The molecule has 3 aromatic carbocycles. The number of phenolic OH excluding ortho intramolecular Hbond substituents is 1. The molecule has 0 spiro atoms. The Morgan fingerprint density at radius 3 is 2.52 bits per heavy atom. The fraction of sp³-hybridized carbons (Fsp3) is 0.227. The van der Waals surface area contributed by atoms with Gasteiger partial charge in [-0.3, -0.25) is 4.99 Å². The topological polar surface area (TPSA) is 45.1 Å². The van der Waals surface area contributed by atoms with Crippen LogP contribution in [0, 0.1) is 0 Å². The monoisotopic (exact) mass is 400 g/mol. The van der Waals surface area contributed by atoms with E-state index in [1.165, 1.54) is 12.3 Å². The maximum Gasteiger partial charge on any atom is 0.416 e. The molecule has 0 atom stereocenters.